The normalized spacial score (nSPS) is 17.7. The standard InChI is InChI=1S/C15H15FN4O5S2/c1-8(21)17-5-10-6-20(15(22)25-10)9-2-3-11(12(16)4-9)14-19-18-13(26-14)7-27(23)24/h2-4,10H,5-7H2,1H3,(H,17,21)(H,23,24). The number of hydrogen-bond acceptors (Lipinski definition) is 7. The van der Waals surface area contributed by atoms with E-state index >= 15 is 0 Å². The lowest BCUT2D eigenvalue weighted by atomic mass is 10.2. The average Bonchev–Trinajstić information content (AvgIpc) is 3.19. The number of carbonyl (C=O) groups is 2. The van der Waals surface area contributed by atoms with Gasteiger partial charge in [0.25, 0.3) is 0 Å². The molecule has 144 valence electrons. The Balaban J connectivity index is 1.75. The van der Waals surface area contributed by atoms with Gasteiger partial charge >= 0.3 is 6.09 Å². The van der Waals surface area contributed by atoms with Crippen LogP contribution in [0.1, 0.15) is 11.9 Å². The topological polar surface area (TPSA) is 122 Å². The van der Waals surface area contributed by atoms with E-state index in [1.165, 1.54) is 24.0 Å². The van der Waals surface area contributed by atoms with Crippen LogP contribution in [0, 0.1) is 5.82 Å². The predicted molar refractivity (Wildman–Crippen MR) is 96.1 cm³/mol. The van der Waals surface area contributed by atoms with Gasteiger partial charge in [0.05, 0.1) is 18.8 Å². The summed E-state index contributed by atoms with van der Waals surface area (Å²) in [7, 11) is 0. The summed E-state index contributed by atoms with van der Waals surface area (Å²) in [4.78, 5) is 24.2. The van der Waals surface area contributed by atoms with Gasteiger partial charge in [-0.05, 0) is 18.2 Å². The summed E-state index contributed by atoms with van der Waals surface area (Å²) in [5.41, 5.74) is 0.487. The molecule has 0 bridgehead atoms. The molecule has 1 aromatic heterocycles. The van der Waals surface area contributed by atoms with Gasteiger partial charge in [-0.2, -0.15) is 0 Å². The number of amides is 2. The maximum absolute atomic E-state index is 14.5. The van der Waals surface area contributed by atoms with Crippen LogP contribution in [0.15, 0.2) is 18.2 Å². The molecule has 9 nitrogen and oxygen atoms in total. The summed E-state index contributed by atoms with van der Waals surface area (Å²) < 4.78 is 39.4. The molecule has 2 N–H and O–H groups in total. The van der Waals surface area contributed by atoms with E-state index in [0.29, 0.717) is 10.7 Å². The lowest BCUT2D eigenvalue weighted by molar-refractivity contribution is -0.119. The monoisotopic (exact) mass is 414 g/mol. The van der Waals surface area contributed by atoms with E-state index in [1.807, 2.05) is 0 Å². The van der Waals surface area contributed by atoms with Crippen LogP contribution in [0.4, 0.5) is 14.9 Å². The number of hydrogen-bond donors (Lipinski definition) is 2. The van der Waals surface area contributed by atoms with Crippen LogP contribution in [0.25, 0.3) is 10.6 Å². The Labute approximate surface area is 159 Å². The zero-order chi connectivity index (χ0) is 19.6. The zero-order valence-electron chi connectivity index (χ0n) is 14.0. The van der Waals surface area contributed by atoms with E-state index < -0.39 is 29.1 Å². The highest BCUT2D eigenvalue weighted by atomic mass is 32.2. The summed E-state index contributed by atoms with van der Waals surface area (Å²) in [5.74, 6) is -1.02. The number of aromatic nitrogens is 2. The Morgan fingerprint density at radius 2 is 2.30 bits per heavy atom. The lowest BCUT2D eigenvalue weighted by Crippen LogP contribution is -2.33. The minimum Gasteiger partial charge on any atom is -0.442 e. The molecule has 3 rings (SSSR count). The van der Waals surface area contributed by atoms with Crippen LogP contribution >= 0.6 is 11.3 Å². The fourth-order valence-corrected chi connectivity index (χ4v) is 3.94. The highest BCUT2D eigenvalue weighted by Gasteiger charge is 2.32. The van der Waals surface area contributed by atoms with Gasteiger partial charge in [-0.25, -0.2) is 13.4 Å². The van der Waals surface area contributed by atoms with Gasteiger partial charge in [0.1, 0.15) is 22.7 Å². The van der Waals surface area contributed by atoms with Crippen molar-refractivity contribution in [2.24, 2.45) is 0 Å². The number of halogens is 1. The van der Waals surface area contributed by atoms with E-state index in [0.717, 1.165) is 11.3 Å². The maximum atomic E-state index is 14.5. The summed E-state index contributed by atoms with van der Waals surface area (Å²) in [6, 6.07) is 4.19. The number of anilines is 1. The van der Waals surface area contributed by atoms with Crippen molar-refractivity contribution in [1.29, 1.82) is 0 Å². The smallest absolute Gasteiger partial charge is 0.414 e. The first-order valence-electron chi connectivity index (χ1n) is 7.76. The minimum absolute atomic E-state index is 0.174. The first-order valence-corrected chi connectivity index (χ1v) is 9.85. The average molecular weight is 414 g/mol. The van der Waals surface area contributed by atoms with E-state index in [9.17, 15) is 18.2 Å². The molecule has 2 amide bonds. The third-order valence-corrected chi connectivity index (χ3v) is 5.32. The van der Waals surface area contributed by atoms with Gasteiger partial charge in [-0.1, -0.05) is 11.3 Å². The third-order valence-electron chi connectivity index (χ3n) is 3.66. The van der Waals surface area contributed by atoms with Gasteiger partial charge in [-0.15, -0.1) is 10.2 Å². The molecule has 2 atom stereocenters. The van der Waals surface area contributed by atoms with Crippen LogP contribution in [0.3, 0.4) is 0 Å². The van der Waals surface area contributed by atoms with Crippen LogP contribution in [0.2, 0.25) is 0 Å². The number of ether oxygens (including phenoxy) is 1. The summed E-state index contributed by atoms with van der Waals surface area (Å²) >= 11 is -1.04. The summed E-state index contributed by atoms with van der Waals surface area (Å²) in [5, 5.41) is 10.7. The fraction of sp³-hybridized carbons (Fsp3) is 0.333. The number of rotatable bonds is 6. The number of carbonyl (C=O) groups excluding carboxylic acids is 2. The Bertz CT molecular complexity index is 906. The van der Waals surface area contributed by atoms with Crippen molar-refractivity contribution >= 4 is 40.1 Å². The highest BCUT2D eigenvalue weighted by molar-refractivity contribution is 7.78. The summed E-state index contributed by atoms with van der Waals surface area (Å²) in [6.07, 6.45) is -1.14. The molecule has 0 aliphatic carbocycles. The van der Waals surface area contributed by atoms with Crippen molar-refractivity contribution in [3.8, 4) is 10.6 Å². The molecule has 0 saturated carbocycles. The van der Waals surface area contributed by atoms with Gasteiger partial charge in [-0.3, -0.25) is 9.69 Å². The summed E-state index contributed by atoms with van der Waals surface area (Å²) in [6.45, 7) is 1.72. The largest absolute Gasteiger partial charge is 0.442 e. The maximum Gasteiger partial charge on any atom is 0.414 e. The molecule has 1 aliphatic heterocycles. The third kappa shape index (κ3) is 4.64. The van der Waals surface area contributed by atoms with Crippen LogP contribution in [-0.4, -0.2) is 50.2 Å². The number of nitrogens with one attached hydrogen (secondary N) is 1. The number of benzene rings is 1. The van der Waals surface area contributed by atoms with Gasteiger partial charge < -0.3 is 14.6 Å². The molecule has 1 fully saturated rings. The zero-order valence-corrected chi connectivity index (χ0v) is 15.7. The van der Waals surface area contributed by atoms with E-state index in [1.54, 1.807) is 6.07 Å². The fourth-order valence-electron chi connectivity index (χ4n) is 2.47. The molecule has 12 heteroatoms. The van der Waals surface area contributed by atoms with Crippen molar-refractivity contribution in [3.63, 3.8) is 0 Å². The van der Waals surface area contributed by atoms with E-state index in [2.05, 4.69) is 15.5 Å². The van der Waals surface area contributed by atoms with E-state index in [4.69, 9.17) is 9.29 Å². The second kappa shape index (κ2) is 8.06. The molecule has 2 aromatic rings. The molecule has 0 spiro atoms. The minimum atomic E-state index is -2.05. The first kappa shape index (κ1) is 19.3. The molecule has 27 heavy (non-hydrogen) atoms. The predicted octanol–water partition coefficient (Wildman–Crippen LogP) is 1.53. The van der Waals surface area contributed by atoms with Crippen molar-refractivity contribution in [2.75, 3.05) is 18.0 Å². The van der Waals surface area contributed by atoms with Crippen LogP contribution in [-0.2, 0) is 26.4 Å². The van der Waals surface area contributed by atoms with Crippen molar-refractivity contribution in [1.82, 2.24) is 15.5 Å². The molecule has 2 heterocycles. The Morgan fingerprint density at radius 3 is 2.96 bits per heavy atom. The van der Waals surface area contributed by atoms with Crippen molar-refractivity contribution in [3.05, 3.63) is 29.0 Å². The lowest BCUT2D eigenvalue weighted by Gasteiger charge is -2.14. The number of nitrogens with zero attached hydrogens (tertiary/aromatic N) is 3. The number of cyclic esters (lactones) is 1. The molecular formula is C15H15FN4O5S2. The molecule has 0 radical (unpaired) electrons. The Kier molecular flexibility index (Phi) is 5.77. The Morgan fingerprint density at radius 1 is 1.52 bits per heavy atom. The molecule has 1 aliphatic rings. The van der Waals surface area contributed by atoms with Crippen LogP contribution < -0.4 is 10.2 Å². The second-order valence-corrected chi connectivity index (χ2v) is 7.68. The highest BCUT2D eigenvalue weighted by Crippen LogP contribution is 2.30. The van der Waals surface area contributed by atoms with Gasteiger partial charge in [0.2, 0.25) is 5.91 Å². The SMILES string of the molecule is CC(=O)NCC1CN(c2ccc(-c3nnc(CS(=O)O)s3)c(F)c2)C(=O)O1. The van der Waals surface area contributed by atoms with Gasteiger partial charge in [0, 0.05) is 12.5 Å². The van der Waals surface area contributed by atoms with E-state index in [-0.39, 0.29) is 35.3 Å². The molecule has 1 saturated heterocycles. The second-order valence-electron chi connectivity index (χ2n) is 5.68. The van der Waals surface area contributed by atoms with Crippen molar-refractivity contribution in [2.45, 2.75) is 18.8 Å². The van der Waals surface area contributed by atoms with Crippen molar-refractivity contribution < 1.29 is 27.5 Å². The molecular weight excluding hydrogens is 399 g/mol. The quantitative estimate of drug-likeness (QED) is 0.688. The molecule has 1 aromatic carbocycles. The first-order chi connectivity index (χ1) is 12.8. The van der Waals surface area contributed by atoms with Gasteiger partial charge in [0.15, 0.2) is 16.1 Å². The Hall–Kier alpha value is -2.44. The molecule has 2 unspecified atom stereocenters. The van der Waals surface area contributed by atoms with Crippen LogP contribution in [0.5, 0.6) is 0 Å².